The van der Waals surface area contributed by atoms with Crippen molar-refractivity contribution < 1.29 is 4.79 Å². The van der Waals surface area contributed by atoms with Crippen molar-refractivity contribution in [2.45, 2.75) is 32.4 Å². The largest absolute Gasteiger partial charge is 0.350 e. The third-order valence-electron chi connectivity index (χ3n) is 2.87. The number of amides is 1. The van der Waals surface area contributed by atoms with Gasteiger partial charge in [0.25, 0.3) is 5.91 Å². The van der Waals surface area contributed by atoms with Gasteiger partial charge in [-0.2, -0.15) is 0 Å². The molecular weight excluding hydrogens is 232 g/mol. The van der Waals surface area contributed by atoms with Crippen LogP contribution in [0.25, 0.3) is 0 Å². The van der Waals surface area contributed by atoms with Crippen LogP contribution in [0.4, 0.5) is 0 Å². The van der Waals surface area contributed by atoms with E-state index in [1.165, 1.54) is 0 Å². The number of carbonyl (C=O) groups excluding carboxylic acids is 1. The zero-order chi connectivity index (χ0) is 12.3. The summed E-state index contributed by atoms with van der Waals surface area (Å²) in [5.74, 6) is 0.0979. The highest BCUT2D eigenvalue weighted by molar-refractivity contribution is 7.80. The Labute approximate surface area is 107 Å². The van der Waals surface area contributed by atoms with Gasteiger partial charge in [0.1, 0.15) is 6.04 Å². The van der Waals surface area contributed by atoms with Crippen LogP contribution in [0.1, 0.15) is 25.3 Å². The fourth-order valence-corrected chi connectivity index (χ4v) is 2.27. The van der Waals surface area contributed by atoms with Gasteiger partial charge in [0, 0.05) is 0 Å². The molecule has 90 valence electrons. The van der Waals surface area contributed by atoms with E-state index in [9.17, 15) is 4.79 Å². The summed E-state index contributed by atoms with van der Waals surface area (Å²) in [4.78, 5) is 13.7. The van der Waals surface area contributed by atoms with Gasteiger partial charge in [0.05, 0.1) is 6.54 Å². The molecule has 0 bridgehead atoms. The van der Waals surface area contributed by atoms with Crippen LogP contribution in [0.2, 0.25) is 0 Å². The zero-order valence-electron chi connectivity index (χ0n) is 9.85. The Morgan fingerprint density at radius 3 is 2.71 bits per heavy atom. The van der Waals surface area contributed by atoms with Crippen molar-refractivity contribution in [3.8, 4) is 0 Å². The zero-order valence-corrected chi connectivity index (χ0v) is 10.7. The Morgan fingerprint density at radius 2 is 2.06 bits per heavy atom. The number of nitrogens with one attached hydrogen (secondary N) is 1. The molecule has 4 heteroatoms. The molecule has 2 rings (SSSR count). The molecule has 1 aromatic carbocycles. The number of hydrogen-bond donors (Lipinski definition) is 1. The molecule has 0 saturated carbocycles. The normalized spacial score (nSPS) is 19.6. The number of carbonyl (C=O) groups is 1. The van der Waals surface area contributed by atoms with Gasteiger partial charge in [-0.15, -0.1) is 0 Å². The molecule has 1 saturated heterocycles. The SMILES string of the molecule is CCC[C@H]1NC(=S)N(Cc2ccccc2)C1=O. The topological polar surface area (TPSA) is 32.3 Å². The van der Waals surface area contributed by atoms with Crippen LogP contribution < -0.4 is 5.32 Å². The summed E-state index contributed by atoms with van der Waals surface area (Å²) in [5.41, 5.74) is 1.10. The highest BCUT2D eigenvalue weighted by Gasteiger charge is 2.34. The van der Waals surface area contributed by atoms with Crippen molar-refractivity contribution in [1.82, 2.24) is 10.2 Å². The summed E-state index contributed by atoms with van der Waals surface area (Å²) in [6, 6.07) is 9.78. The van der Waals surface area contributed by atoms with Gasteiger partial charge in [-0.25, -0.2) is 0 Å². The van der Waals surface area contributed by atoms with E-state index in [-0.39, 0.29) is 11.9 Å². The van der Waals surface area contributed by atoms with E-state index >= 15 is 0 Å². The van der Waals surface area contributed by atoms with E-state index in [1.54, 1.807) is 4.90 Å². The van der Waals surface area contributed by atoms with E-state index in [2.05, 4.69) is 12.2 Å². The fraction of sp³-hybridized carbons (Fsp3) is 0.385. The average Bonchev–Trinajstić information content (AvgIpc) is 2.59. The second kappa shape index (κ2) is 5.27. The van der Waals surface area contributed by atoms with Crippen LogP contribution >= 0.6 is 12.2 Å². The summed E-state index contributed by atoms with van der Waals surface area (Å²) in [6.45, 7) is 2.63. The highest BCUT2D eigenvalue weighted by atomic mass is 32.1. The van der Waals surface area contributed by atoms with Crippen molar-refractivity contribution in [1.29, 1.82) is 0 Å². The van der Waals surface area contributed by atoms with E-state index < -0.39 is 0 Å². The van der Waals surface area contributed by atoms with E-state index in [1.807, 2.05) is 30.3 Å². The van der Waals surface area contributed by atoms with E-state index in [4.69, 9.17) is 12.2 Å². The third-order valence-corrected chi connectivity index (χ3v) is 3.21. The smallest absolute Gasteiger partial charge is 0.251 e. The van der Waals surface area contributed by atoms with Gasteiger partial charge in [0.15, 0.2) is 5.11 Å². The second-order valence-electron chi connectivity index (χ2n) is 4.20. The van der Waals surface area contributed by atoms with Crippen LogP contribution in [0.3, 0.4) is 0 Å². The Bertz CT molecular complexity index is 419. The quantitative estimate of drug-likeness (QED) is 0.828. The number of nitrogens with zero attached hydrogens (tertiary/aromatic N) is 1. The first-order chi connectivity index (χ1) is 8.22. The molecule has 0 aromatic heterocycles. The highest BCUT2D eigenvalue weighted by Crippen LogP contribution is 2.14. The molecular formula is C13H16N2OS. The van der Waals surface area contributed by atoms with Crippen molar-refractivity contribution in [2.24, 2.45) is 0 Å². The lowest BCUT2D eigenvalue weighted by Crippen LogP contribution is -2.30. The predicted octanol–water partition coefficient (Wildman–Crippen LogP) is 2.07. The molecule has 1 N–H and O–H groups in total. The van der Waals surface area contributed by atoms with E-state index in [0.29, 0.717) is 11.7 Å². The lowest BCUT2D eigenvalue weighted by Gasteiger charge is -2.14. The third kappa shape index (κ3) is 2.64. The number of benzene rings is 1. The molecule has 1 aromatic rings. The first kappa shape index (κ1) is 12.0. The molecule has 1 fully saturated rings. The predicted molar refractivity (Wildman–Crippen MR) is 71.4 cm³/mol. The van der Waals surface area contributed by atoms with Gasteiger partial charge in [0.2, 0.25) is 0 Å². The van der Waals surface area contributed by atoms with E-state index in [0.717, 1.165) is 18.4 Å². The Kier molecular flexibility index (Phi) is 3.74. The molecule has 1 atom stereocenters. The molecule has 0 radical (unpaired) electrons. The van der Waals surface area contributed by atoms with Gasteiger partial charge < -0.3 is 5.32 Å². The Balaban J connectivity index is 2.07. The van der Waals surface area contributed by atoms with Crippen molar-refractivity contribution in [2.75, 3.05) is 0 Å². The van der Waals surface area contributed by atoms with Crippen LogP contribution in [-0.4, -0.2) is 22.0 Å². The summed E-state index contributed by atoms with van der Waals surface area (Å²) in [7, 11) is 0. The van der Waals surface area contributed by atoms with Gasteiger partial charge in [-0.05, 0) is 24.2 Å². The lowest BCUT2D eigenvalue weighted by molar-refractivity contribution is -0.127. The number of hydrogen-bond acceptors (Lipinski definition) is 2. The molecule has 17 heavy (non-hydrogen) atoms. The molecule has 3 nitrogen and oxygen atoms in total. The van der Waals surface area contributed by atoms with Crippen molar-refractivity contribution in [3.63, 3.8) is 0 Å². The Morgan fingerprint density at radius 1 is 1.35 bits per heavy atom. The van der Waals surface area contributed by atoms with Crippen LogP contribution in [-0.2, 0) is 11.3 Å². The molecule has 1 heterocycles. The first-order valence-corrected chi connectivity index (χ1v) is 6.29. The van der Waals surface area contributed by atoms with Gasteiger partial charge in [-0.3, -0.25) is 9.69 Å². The summed E-state index contributed by atoms with van der Waals surface area (Å²) >= 11 is 5.20. The minimum Gasteiger partial charge on any atom is -0.350 e. The monoisotopic (exact) mass is 248 g/mol. The standard InChI is InChI=1S/C13H16N2OS/c1-2-6-11-12(16)15(13(17)14-11)9-10-7-4-3-5-8-10/h3-5,7-8,11H,2,6,9H2,1H3,(H,14,17)/t11-/m1/s1. The minimum absolute atomic E-state index is 0.0979. The summed E-state index contributed by atoms with van der Waals surface area (Å²) in [6.07, 6.45) is 1.81. The molecule has 1 amide bonds. The molecule has 0 aliphatic carbocycles. The molecule has 1 aliphatic heterocycles. The maximum Gasteiger partial charge on any atom is 0.251 e. The first-order valence-electron chi connectivity index (χ1n) is 5.88. The average molecular weight is 248 g/mol. The lowest BCUT2D eigenvalue weighted by atomic mass is 10.1. The van der Waals surface area contributed by atoms with Crippen molar-refractivity contribution in [3.05, 3.63) is 35.9 Å². The number of thiocarbonyl (C=S) groups is 1. The number of rotatable bonds is 4. The van der Waals surface area contributed by atoms with Crippen LogP contribution in [0.5, 0.6) is 0 Å². The fourth-order valence-electron chi connectivity index (χ4n) is 1.98. The van der Waals surface area contributed by atoms with Gasteiger partial charge in [-0.1, -0.05) is 43.7 Å². The van der Waals surface area contributed by atoms with Crippen LogP contribution in [0, 0.1) is 0 Å². The molecule has 1 aliphatic rings. The Hall–Kier alpha value is -1.42. The molecule has 0 unspecified atom stereocenters. The summed E-state index contributed by atoms with van der Waals surface area (Å²) < 4.78 is 0. The van der Waals surface area contributed by atoms with Crippen LogP contribution in [0.15, 0.2) is 30.3 Å². The maximum atomic E-state index is 12.1. The minimum atomic E-state index is -0.129. The van der Waals surface area contributed by atoms with Crippen molar-refractivity contribution >= 4 is 23.2 Å². The maximum absolute atomic E-state index is 12.1. The van der Waals surface area contributed by atoms with Gasteiger partial charge >= 0.3 is 0 Å². The summed E-state index contributed by atoms with van der Waals surface area (Å²) in [5, 5.41) is 3.64. The second-order valence-corrected chi connectivity index (χ2v) is 4.59. The molecule has 0 spiro atoms.